The minimum Gasteiger partial charge on any atom is -0.144 e. The molecule has 5 aromatic rings. The first-order chi connectivity index (χ1) is 13.2. The van der Waals surface area contributed by atoms with Crippen molar-refractivity contribution in [2.24, 2.45) is 0 Å². The van der Waals surface area contributed by atoms with Crippen LogP contribution in [-0.2, 0) is 0 Å². The van der Waals surface area contributed by atoms with Gasteiger partial charge in [0.25, 0.3) is 0 Å². The lowest BCUT2D eigenvalue weighted by molar-refractivity contribution is 1.64. The van der Waals surface area contributed by atoms with Crippen molar-refractivity contribution in [2.75, 3.05) is 0 Å². The standard InChI is InChI=1S/C22H16S5/c1-13-5-6-19(26-13)22-16(8-11-25-22)20-15(7-10-24-20)21-17(12-14(2)27-21)18-4-3-9-23-18/h3-12H,1-2H3. The van der Waals surface area contributed by atoms with Crippen molar-refractivity contribution in [3.63, 3.8) is 0 Å². The topological polar surface area (TPSA) is 0 Å². The summed E-state index contributed by atoms with van der Waals surface area (Å²) in [5, 5.41) is 6.62. The number of thiophene rings is 5. The predicted molar refractivity (Wildman–Crippen MR) is 127 cm³/mol. The molecule has 0 N–H and O–H groups in total. The first-order valence-electron chi connectivity index (χ1n) is 8.57. The van der Waals surface area contributed by atoms with Gasteiger partial charge in [0.1, 0.15) is 0 Å². The lowest BCUT2D eigenvalue weighted by Gasteiger charge is -2.06. The molecule has 0 unspecified atom stereocenters. The summed E-state index contributed by atoms with van der Waals surface area (Å²) < 4.78 is 0. The van der Waals surface area contributed by atoms with Crippen LogP contribution in [0.1, 0.15) is 9.75 Å². The molecule has 0 saturated carbocycles. The molecule has 0 aromatic carbocycles. The van der Waals surface area contributed by atoms with E-state index in [1.54, 1.807) is 0 Å². The van der Waals surface area contributed by atoms with Crippen molar-refractivity contribution >= 4 is 56.7 Å². The summed E-state index contributed by atoms with van der Waals surface area (Å²) in [5.41, 5.74) is 4.11. The maximum Gasteiger partial charge on any atom is 0.0529 e. The van der Waals surface area contributed by atoms with E-state index in [4.69, 9.17) is 0 Å². The Morgan fingerprint density at radius 2 is 1.33 bits per heavy atom. The van der Waals surface area contributed by atoms with Gasteiger partial charge in [-0.3, -0.25) is 0 Å². The molecular formula is C22H16S5. The Bertz CT molecular complexity index is 1190. The molecule has 27 heavy (non-hydrogen) atoms. The molecule has 0 aliphatic rings. The van der Waals surface area contributed by atoms with Gasteiger partial charge < -0.3 is 0 Å². The van der Waals surface area contributed by atoms with E-state index in [0.29, 0.717) is 0 Å². The zero-order chi connectivity index (χ0) is 18.4. The highest BCUT2D eigenvalue weighted by molar-refractivity contribution is 7.22. The van der Waals surface area contributed by atoms with E-state index in [0.717, 1.165) is 0 Å². The Morgan fingerprint density at radius 1 is 0.556 bits per heavy atom. The van der Waals surface area contributed by atoms with E-state index in [2.05, 4.69) is 72.5 Å². The molecular weight excluding hydrogens is 425 g/mol. The van der Waals surface area contributed by atoms with Crippen LogP contribution < -0.4 is 0 Å². The molecule has 0 fully saturated rings. The van der Waals surface area contributed by atoms with E-state index in [1.165, 1.54) is 50.8 Å². The van der Waals surface area contributed by atoms with E-state index in [1.807, 2.05) is 56.7 Å². The van der Waals surface area contributed by atoms with Crippen LogP contribution in [0.5, 0.6) is 0 Å². The fraction of sp³-hybridized carbons (Fsp3) is 0.0909. The molecule has 0 spiro atoms. The molecule has 0 saturated heterocycles. The average Bonchev–Trinajstić information content (AvgIpc) is 3.44. The zero-order valence-electron chi connectivity index (χ0n) is 14.8. The van der Waals surface area contributed by atoms with Crippen LogP contribution in [0.2, 0.25) is 0 Å². The third-order valence-electron chi connectivity index (χ3n) is 4.43. The molecule has 0 aliphatic carbocycles. The van der Waals surface area contributed by atoms with Crippen LogP contribution in [0.3, 0.4) is 0 Å². The van der Waals surface area contributed by atoms with E-state index < -0.39 is 0 Å². The second kappa shape index (κ2) is 7.15. The number of hydrogen-bond donors (Lipinski definition) is 0. The summed E-state index contributed by atoms with van der Waals surface area (Å²) in [5.74, 6) is 0. The molecule has 0 radical (unpaired) electrons. The zero-order valence-corrected chi connectivity index (χ0v) is 18.9. The first kappa shape index (κ1) is 17.6. The highest BCUT2D eigenvalue weighted by Gasteiger charge is 2.20. The average molecular weight is 441 g/mol. The summed E-state index contributed by atoms with van der Waals surface area (Å²) in [7, 11) is 0. The monoisotopic (exact) mass is 440 g/mol. The molecule has 0 nitrogen and oxygen atoms in total. The van der Waals surface area contributed by atoms with Crippen LogP contribution >= 0.6 is 56.7 Å². The van der Waals surface area contributed by atoms with Gasteiger partial charge in [-0.25, -0.2) is 0 Å². The van der Waals surface area contributed by atoms with Crippen molar-refractivity contribution in [1.82, 2.24) is 0 Å². The van der Waals surface area contributed by atoms with Gasteiger partial charge in [0, 0.05) is 46.0 Å². The number of rotatable bonds is 4. The fourth-order valence-electron chi connectivity index (χ4n) is 3.26. The lowest BCUT2D eigenvalue weighted by Crippen LogP contribution is -1.78. The Hall–Kier alpha value is -1.50. The molecule has 5 aromatic heterocycles. The third kappa shape index (κ3) is 3.18. The lowest BCUT2D eigenvalue weighted by atomic mass is 10.1. The van der Waals surface area contributed by atoms with Gasteiger partial charge in [-0.15, -0.1) is 56.7 Å². The molecule has 0 amide bonds. The Morgan fingerprint density at radius 3 is 2.04 bits per heavy atom. The highest BCUT2D eigenvalue weighted by Crippen LogP contribution is 2.49. The first-order valence-corrected chi connectivity index (χ1v) is 12.8. The van der Waals surface area contributed by atoms with Crippen LogP contribution in [0, 0.1) is 13.8 Å². The second-order valence-electron chi connectivity index (χ2n) is 6.31. The predicted octanol–water partition coefficient (Wildman–Crippen LogP) is 9.28. The quantitative estimate of drug-likeness (QED) is 0.261. The van der Waals surface area contributed by atoms with Gasteiger partial charge in [0.15, 0.2) is 0 Å². The minimum absolute atomic E-state index is 1.35. The van der Waals surface area contributed by atoms with Crippen molar-refractivity contribution in [1.29, 1.82) is 0 Å². The van der Waals surface area contributed by atoms with Crippen molar-refractivity contribution in [3.8, 4) is 41.1 Å². The third-order valence-corrected chi connectivity index (χ3v) is 9.46. The maximum absolute atomic E-state index is 2.34. The fourth-order valence-corrected chi connectivity index (χ4v) is 8.11. The van der Waals surface area contributed by atoms with E-state index in [-0.39, 0.29) is 0 Å². The summed E-state index contributed by atoms with van der Waals surface area (Å²) in [6.45, 7) is 4.39. The van der Waals surface area contributed by atoms with Gasteiger partial charge in [-0.05, 0) is 66.4 Å². The van der Waals surface area contributed by atoms with Gasteiger partial charge >= 0.3 is 0 Å². The SMILES string of the molecule is Cc1ccc(-c2sccc2-c2sccc2-c2sc(C)cc2-c2cccs2)s1. The largest absolute Gasteiger partial charge is 0.144 e. The van der Waals surface area contributed by atoms with Crippen molar-refractivity contribution in [3.05, 3.63) is 68.4 Å². The van der Waals surface area contributed by atoms with Gasteiger partial charge in [0.2, 0.25) is 0 Å². The molecule has 0 aliphatic heterocycles. The van der Waals surface area contributed by atoms with Crippen LogP contribution in [0.4, 0.5) is 0 Å². The second-order valence-corrected chi connectivity index (χ2v) is 11.6. The van der Waals surface area contributed by atoms with Gasteiger partial charge in [0.05, 0.1) is 4.88 Å². The Labute approximate surface area is 179 Å². The molecule has 0 atom stereocenters. The molecule has 5 heteroatoms. The summed E-state index contributed by atoms with van der Waals surface area (Å²) in [6.07, 6.45) is 0. The Balaban J connectivity index is 1.67. The maximum atomic E-state index is 2.34. The molecule has 5 heterocycles. The van der Waals surface area contributed by atoms with Crippen LogP contribution in [-0.4, -0.2) is 0 Å². The molecule has 134 valence electrons. The molecule has 0 bridgehead atoms. The van der Waals surface area contributed by atoms with Gasteiger partial charge in [-0.2, -0.15) is 0 Å². The minimum atomic E-state index is 1.35. The number of aryl methyl sites for hydroxylation is 2. The van der Waals surface area contributed by atoms with Gasteiger partial charge in [-0.1, -0.05) is 6.07 Å². The van der Waals surface area contributed by atoms with Crippen molar-refractivity contribution in [2.45, 2.75) is 13.8 Å². The number of hydrogen-bond acceptors (Lipinski definition) is 5. The summed E-state index contributed by atoms with van der Waals surface area (Å²) >= 11 is 9.31. The van der Waals surface area contributed by atoms with Crippen molar-refractivity contribution < 1.29 is 0 Å². The van der Waals surface area contributed by atoms with E-state index in [9.17, 15) is 0 Å². The normalized spacial score (nSPS) is 11.3. The summed E-state index contributed by atoms with van der Waals surface area (Å²) in [4.78, 5) is 9.63. The summed E-state index contributed by atoms with van der Waals surface area (Å²) in [6, 6.07) is 15.8. The molecule has 5 rings (SSSR count). The van der Waals surface area contributed by atoms with Crippen LogP contribution in [0.25, 0.3) is 41.1 Å². The smallest absolute Gasteiger partial charge is 0.0529 e. The highest BCUT2D eigenvalue weighted by atomic mass is 32.1. The van der Waals surface area contributed by atoms with E-state index >= 15 is 0 Å². The van der Waals surface area contributed by atoms with Crippen LogP contribution in [0.15, 0.2) is 58.6 Å². The Kier molecular flexibility index (Phi) is 4.66.